The summed E-state index contributed by atoms with van der Waals surface area (Å²) in [6.07, 6.45) is 7.64. The van der Waals surface area contributed by atoms with Crippen molar-refractivity contribution in [3.05, 3.63) is 179 Å². The zero-order chi connectivity index (χ0) is 51.6. The van der Waals surface area contributed by atoms with Crippen LogP contribution in [0.3, 0.4) is 0 Å². The van der Waals surface area contributed by atoms with Gasteiger partial charge in [0.2, 0.25) is 0 Å². The molecule has 0 saturated carbocycles. The van der Waals surface area contributed by atoms with Gasteiger partial charge in [-0.15, -0.1) is 0 Å². The lowest BCUT2D eigenvalue weighted by Crippen LogP contribution is -2.61. The Morgan fingerprint density at radius 1 is 0.541 bits per heavy atom. The molecule has 1 N–H and O–H groups in total. The smallest absolute Gasteiger partial charge is 0.459 e. The van der Waals surface area contributed by atoms with E-state index in [9.17, 15) is 19.5 Å². The molecule has 0 spiro atoms. The lowest BCUT2D eigenvalue weighted by atomic mass is 9.88. The molecule has 2 heterocycles. The van der Waals surface area contributed by atoms with E-state index < -0.39 is 67.0 Å². The molecule has 0 bridgehead atoms. The lowest BCUT2D eigenvalue weighted by molar-refractivity contribution is -0.259. The summed E-state index contributed by atoms with van der Waals surface area (Å²) in [5.41, 5.74) is 3.84. The van der Waals surface area contributed by atoms with Crippen LogP contribution in [0.1, 0.15) is 136 Å². The number of ether oxygens (including phenoxy) is 7. The highest BCUT2D eigenvalue weighted by Gasteiger charge is 2.50. The fourth-order valence-electron chi connectivity index (χ4n) is 9.99. The van der Waals surface area contributed by atoms with Crippen LogP contribution in [0, 0.1) is 0 Å². The maximum absolute atomic E-state index is 14.8. The maximum atomic E-state index is 14.8. The number of benzene rings is 5. The molecular weight excluding hydrogens is 935 g/mol. The Labute approximate surface area is 438 Å². The average molecular weight is 1010 g/mol. The second kappa shape index (κ2) is 31.0. The number of cyclic esters (lactones) is 2. The molecule has 396 valence electrons. The number of hydrogen-bond acceptors (Lipinski definition) is 11. The van der Waals surface area contributed by atoms with Gasteiger partial charge in [-0.2, -0.15) is 0 Å². The molecule has 12 heteroatoms. The van der Waals surface area contributed by atoms with Crippen LogP contribution in [0.4, 0.5) is 9.59 Å². The molecule has 2 aliphatic rings. The van der Waals surface area contributed by atoms with E-state index >= 15 is 0 Å². The molecule has 2 aliphatic heterocycles. The highest BCUT2D eigenvalue weighted by molar-refractivity contribution is 5.89. The average Bonchev–Trinajstić information content (AvgIpc) is 3.81. The predicted molar refractivity (Wildman–Crippen MR) is 284 cm³/mol. The van der Waals surface area contributed by atoms with Crippen LogP contribution in [-0.2, 0) is 59.5 Å². The molecular formula is C62H77NO11. The number of carbonyl (C=O) groups excluding carboxylic acids is 3. The van der Waals surface area contributed by atoms with E-state index in [1.807, 2.05) is 127 Å². The first kappa shape index (κ1) is 55.7. The highest BCUT2D eigenvalue weighted by Crippen LogP contribution is 2.35. The zero-order valence-corrected chi connectivity index (χ0v) is 43.2. The first-order valence-corrected chi connectivity index (χ1v) is 27.1. The molecule has 74 heavy (non-hydrogen) atoms. The summed E-state index contributed by atoms with van der Waals surface area (Å²) in [7, 11) is 0. The predicted octanol–water partition coefficient (Wildman–Crippen LogP) is 13.1. The summed E-state index contributed by atoms with van der Waals surface area (Å²) in [6.45, 7) is 2.50. The normalized spacial score (nSPS) is 20.8. The Balaban J connectivity index is 1.16. The number of esters is 1. The molecule has 7 rings (SSSR count). The van der Waals surface area contributed by atoms with Gasteiger partial charge >= 0.3 is 18.2 Å². The standard InChI is InChI=1S/C62H77NO11/c1-2-3-4-5-6-7-8-9-10-11-12-28-39-53-57(74-62(67)73-53)52(63(42-47-29-18-13-19-30-47)61(66)71-45-50-35-24-16-25-36-50)40-41-54-58(68-43-48-31-20-14-21-32-48)59(69-44-49-33-22-15-23-34-49)56(64)55(72-54)46-70-60(65)51-37-26-17-27-38-51/h13-27,29-38,52-59,64H,2-12,28,39-46H2,1H3/t52-,53?,54+,55?,56-,57-,58?,59-/m0/s1. The van der Waals surface area contributed by atoms with Crippen LogP contribution in [0.15, 0.2) is 152 Å². The van der Waals surface area contributed by atoms with Crippen molar-refractivity contribution >= 4 is 18.2 Å². The summed E-state index contributed by atoms with van der Waals surface area (Å²) in [5, 5.41) is 12.2. The zero-order valence-electron chi connectivity index (χ0n) is 43.2. The molecule has 2 fully saturated rings. The van der Waals surface area contributed by atoms with Gasteiger partial charge in [0.1, 0.15) is 43.7 Å². The van der Waals surface area contributed by atoms with Crippen molar-refractivity contribution < 1.29 is 52.6 Å². The van der Waals surface area contributed by atoms with E-state index in [1.165, 1.54) is 51.4 Å². The van der Waals surface area contributed by atoms with E-state index in [1.54, 1.807) is 29.2 Å². The van der Waals surface area contributed by atoms with Crippen LogP contribution >= 0.6 is 0 Å². The van der Waals surface area contributed by atoms with Gasteiger partial charge in [0.25, 0.3) is 0 Å². The molecule has 5 aromatic carbocycles. The van der Waals surface area contributed by atoms with E-state index in [-0.39, 0.29) is 45.8 Å². The van der Waals surface area contributed by atoms with Crippen molar-refractivity contribution in [1.82, 2.24) is 4.90 Å². The van der Waals surface area contributed by atoms with Crippen molar-refractivity contribution in [2.24, 2.45) is 0 Å². The van der Waals surface area contributed by atoms with Crippen LogP contribution < -0.4 is 0 Å². The molecule has 8 atom stereocenters. The van der Waals surface area contributed by atoms with Crippen LogP contribution in [0.25, 0.3) is 0 Å². The van der Waals surface area contributed by atoms with E-state index in [4.69, 9.17) is 33.2 Å². The largest absolute Gasteiger partial charge is 0.509 e. The fourth-order valence-corrected chi connectivity index (χ4v) is 9.99. The summed E-state index contributed by atoms with van der Waals surface area (Å²) in [6, 6.07) is 46.5. The van der Waals surface area contributed by atoms with Gasteiger partial charge in [0.15, 0.2) is 6.10 Å². The number of amides is 1. The lowest BCUT2D eigenvalue weighted by Gasteiger charge is -2.45. The van der Waals surface area contributed by atoms with E-state index in [2.05, 4.69) is 6.92 Å². The first-order chi connectivity index (χ1) is 36.4. The third kappa shape index (κ3) is 17.8. The number of rotatable bonds is 31. The molecule has 0 aromatic heterocycles. The minimum absolute atomic E-state index is 0.0315. The SMILES string of the molecule is CCCCCCCCCCCCCCC1OC(=O)O[C@H]1[C@H](CC[C@H]1OC(COC(=O)c2ccccc2)[C@H](O)[C@H](OCc2ccccc2)C1OCc1ccccc1)N(Cc1ccccc1)C(=O)OCc1ccccc1. The molecule has 2 saturated heterocycles. The maximum Gasteiger partial charge on any atom is 0.509 e. The fraction of sp³-hybridized carbons (Fsp3) is 0.468. The minimum atomic E-state index is -1.28. The number of aliphatic hydroxyl groups is 1. The van der Waals surface area contributed by atoms with Crippen molar-refractivity contribution in [3.8, 4) is 0 Å². The highest BCUT2D eigenvalue weighted by atomic mass is 16.8. The van der Waals surface area contributed by atoms with Crippen molar-refractivity contribution in [2.75, 3.05) is 6.61 Å². The number of unbranched alkanes of at least 4 members (excludes halogenated alkanes) is 11. The van der Waals surface area contributed by atoms with Gasteiger partial charge in [-0.3, -0.25) is 4.90 Å². The second-order valence-electron chi connectivity index (χ2n) is 19.7. The summed E-state index contributed by atoms with van der Waals surface area (Å²) >= 11 is 0. The molecule has 5 aromatic rings. The van der Waals surface area contributed by atoms with Crippen LogP contribution in [0.2, 0.25) is 0 Å². The van der Waals surface area contributed by atoms with Gasteiger partial charge in [-0.05, 0) is 60.1 Å². The molecule has 12 nitrogen and oxygen atoms in total. The van der Waals surface area contributed by atoms with E-state index in [0.29, 0.717) is 12.0 Å². The third-order valence-electron chi connectivity index (χ3n) is 14.1. The Morgan fingerprint density at radius 2 is 1.03 bits per heavy atom. The van der Waals surface area contributed by atoms with Crippen molar-refractivity contribution in [2.45, 2.75) is 178 Å². The molecule has 0 aliphatic carbocycles. The Hall–Kier alpha value is -6.05. The minimum Gasteiger partial charge on any atom is -0.459 e. The van der Waals surface area contributed by atoms with Gasteiger partial charge in [-0.25, -0.2) is 14.4 Å². The van der Waals surface area contributed by atoms with Gasteiger partial charge < -0.3 is 38.3 Å². The van der Waals surface area contributed by atoms with Crippen molar-refractivity contribution in [1.29, 1.82) is 0 Å². The van der Waals surface area contributed by atoms with Gasteiger partial charge in [-0.1, -0.05) is 217 Å². The topological polar surface area (TPSA) is 139 Å². The number of aliphatic hydroxyl groups excluding tert-OH is 1. The van der Waals surface area contributed by atoms with Crippen LogP contribution in [-0.4, -0.2) is 83.6 Å². The summed E-state index contributed by atoms with van der Waals surface area (Å²) in [4.78, 5) is 43.1. The third-order valence-corrected chi connectivity index (χ3v) is 14.1. The number of carbonyl (C=O) groups is 3. The summed E-state index contributed by atoms with van der Waals surface area (Å²) in [5.74, 6) is -0.560. The van der Waals surface area contributed by atoms with Crippen molar-refractivity contribution in [3.63, 3.8) is 0 Å². The van der Waals surface area contributed by atoms with Gasteiger partial charge in [0, 0.05) is 6.54 Å². The Kier molecular flexibility index (Phi) is 23.3. The summed E-state index contributed by atoms with van der Waals surface area (Å²) < 4.78 is 44.3. The Bertz CT molecular complexity index is 2340. The molecule has 3 unspecified atom stereocenters. The quantitative estimate of drug-likeness (QED) is 0.0258. The second-order valence-corrected chi connectivity index (χ2v) is 19.7. The first-order valence-electron chi connectivity index (χ1n) is 27.1. The van der Waals surface area contributed by atoms with E-state index in [0.717, 1.165) is 47.9 Å². The van der Waals surface area contributed by atoms with Gasteiger partial charge in [0.05, 0.1) is 30.9 Å². The monoisotopic (exact) mass is 1010 g/mol. The number of hydrogen-bond donors (Lipinski definition) is 1. The molecule has 1 amide bonds. The van der Waals surface area contributed by atoms with Crippen LogP contribution in [0.5, 0.6) is 0 Å². The molecule has 0 radical (unpaired) electrons. The Morgan fingerprint density at radius 3 is 1.58 bits per heavy atom. The number of nitrogens with zero attached hydrogens (tertiary/aromatic N) is 1.